The maximum Gasteiger partial charge on any atom is 0.243 e. The molecule has 2 aromatic carbocycles. The molecule has 7 heteroatoms. The van der Waals surface area contributed by atoms with E-state index < -0.39 is 10.0 Å². The first-order valence-electron chi connectivity index (χ1n) is 8.89. The van der Waals surface area contributed by atoms with Crippen molar-refractivity contribution < 1.29 is 22.3 Å². The SMILES string of the molecule is COc1cc(C)c(S(=O)(=O)N2CCC(Oc3ccc(F)cc3)CC2)cc1C. The van der Waals surface area contributed by atoms with Crippen LogP contribution in [0.1, 0.15) is 24.0 Å². The van der Waals surface area contributed by atoms with E-state index in [1.165, 1.54) is 16.4 Å². The van der Waals surface area contributed by atoms with E-state index in [9.17, 15) is 12.8 Å². The summed E-state index contributed by atoms with van der Waals surface area (Å²) in [4.78, 5) is 0.318. The molecule has 0 unspecified atom stereocenters. The van der Waals surface area contributed by atoms with Gasteiger partial charge < -0.3 is 9.47 Å². The number of aryl methyl sites for hydroxylation is 2. The zero-order valence-electron chi connectivity index (χ0n) is 15.7. The maximum atomic E-state index is 13.1. The number of methoxy groups -OCH3 is 1. The summed E-state index contributed by atoms with van der Waals surface area (Å²) in [5, 5.41) is 0. The molecule has 0 radical (unpaired) electrons. The number of nitrogens with zero attached hydrogens (tertiary/aromatic N) is 1. The number of hydrogen-bond donors (Lipinski definition) is 0. The van der Waals surface area contributed by atoms with Crippen molar-refractivity contribution in [2.75, 3.05) is 20.2 Å². The largest absolute Gasteiger partial charge is 0.496 e. The van der Waals surface area contributed by atoms with Gasteiger partial charge in [-0.1, -0.05) is 0 Å². The standard InChI is InChI=1S/C20H24FNO4S/c1-14-13-20(15(2)12-19(14)25-3)27(23,24)22-10-8-18(9-11-22)26-17-6-4-16(21)5-7-17/h4-7,12-13,18H,8-11H2,1-3H3. The van der Waals surface area contributed by atoms with E-state index in [0.717, 1.165) is 5.56 Å². The summed E-state index contributed by atoms with van der Waals surface area (Å²) in [7, 11) is -2.00. The molecule has 0 spiro atoms. The van der Waals surface area contributed by atoms with Crippen LogP contribution >= 0.6 is 0 Å². The van der Waals surface area contributed by atoms with E-state index in [0.29, 0.717) is 47.9 Å². The van der Waals surface area contributed by atoms with Crippen molar-refractivity contribution >= 4 is 10.0 Å². The van der Waals surface area contributed by atoms with Gasteiger partial charge in [0.1, 0.15) is 23.4 Å². The lowest BCUT2D eigenvalue weighted by molar-refractivity contribution is 0.135. The van der Waals surface area contributed by atoms with Crippen LogP contribution in [0.3, 0.4) is 0 Å². The Bertz CT molecular complexity index is 904. The normalized spacial score (nSPS) is 16.3. The molecule has 1 fully saturated rings. The molecule has 27 heavy (non-hydrogen) atoms. The summed E-state index contributed by atoms with van der Waals surface area (Å²) >= 11 is 0. The summed E-state index contributed by atoms with van der Waals surface area (Å²) in [5.41, 5.74) is 1.46. The second-order valence-electron chi connectivity index (χ2n) is 6.76. The molecule has 0 N–H and O–H groups in total. The van der Waals surface area contributed by atoms with Crippen LogP contribution in [-0.4, -0.2) is 39.0 Å². The van der Waals surface area contributed by atoms with Gasteiger partial charge in [0, 0.05) is 13.1 Å². The summed E-state index contributed by atoms with van der Waals surface area (Å²) in [5.74, 6) is 0.964. The van der Waals surface area contributed by atoms with Crippen LogP contribution in [0.25, 0.3) is 0 Å². The van der Waals surface area contributed by atoms with Crippen LogP contribution in [0, 0.1) is 19.7 Å². The third-order valence-electron chi connectivity index (χ3n) is 4.83. The molecule has 1 aliphatic heterocycles. The number of halogens is 1. The van der Waals surface area contributed by atoms with Crippen molar-refractivity contribution in [1.29, 1.82) is 0 Å². The molecule has 1 saturated heterocycles. The molecular formula is C20H24FNO4S. The minimum absolute atomic E-state index is 0.0828. The fourth-order valence-electron chi connectivity index (χ4n) is 3.30. The van der Waals surface area contributed by atoms with Gasteiger partial charge in [0.15, 0.2) is 0 Å². The Labute approximate surface area is 159 Å². The van der Waals surface area contributed by atoms with Crippen LogP contribution < -0.4 is 9.47 Å². The predicted octanol–water partition coefficient (Wildman–Crippen LogP) is 3.68. The highest BCUT2D eigenvalue weighted by Gasteiger charge is 2.31. The van der Waals surface area contributed by atoms with Crippen LogP contribution in [0.5, 0.6) is 11.5 Å². The number of hydrogen-bond acceptors (Lipinski definition) is 4. The molecule has 2 aromatic rings. The van der Waals surface area contributed by atoms with Gasteiger partial charge in [0.25, 0.3) is 0 Å². The Morgan fingerprint density at radius 1 is 1.04 bits per heavy atom. The zero-order valence-corrected chi connectivity index (χ0v) is 16.6. The molecule has 1 aliphatic rings. The topological polar surface area (TPSA) is 55.8 Å². The summed E-state index contributed by atoms with van der Waals surface area (Å²) < 4.78 is 51.7. The van der Waals surface area contributed by atoms with Crippen LogP contribution in [0.4, 0.5) is 4.39 Å². The molecule has 0 bridgehead atoms. The highest BCUT2D eigenvalue weighted by atomic mass is 32.2. The van der Waals surface area contributed by atoms with Crippen molar-refractivity contribution in [2.45, 2.75) is 37.7 Å². The second kappa shape index (κ2) is 7.86. The number of benzene rings is 2. The third kappa shape index (κ3) is 4.25. The van der Waals surface area contributed by atoms with Gasteiger partial charge in [-0.2, -0.15) is 4.31 Å². The summed E-state index contributed by atoms with van der Waals surface area (Å²) in [6, 6.07) is 9.30. The number of piperidine rings is 1. The fraction of sp³-hybridized carbons (Fsp3) is 0.400. The smallest absolute Gasteiger partial charge is 0.243 e. The Hall–Kier alpha value is -2.12. The van der Waals surface area contributed by atoms with Crippen molar-refractivity contribution in [3.05, 3.63) is 53.3 Å². The predicted molar refractivity (Wildman–Crippen MR) is 101 cm³/mol. The van der Waals surface area contributed by atoms with E-state index in [2.05, 4.69) is 0 Å². The first kappa shape index (κ1) is 19.6. The average Bonchev–Trinajstić information content (AvgIpc) is 2.65. The van der Waals surface area contributed by atoms with E-state index >= 15 is 0 Å². The number of ether oxygens (including phenoxy) is 2. The van der Waals surface area contributed by atoms with E-state index in [1.807, 2.05) is 6.92 Å². The second-order valence-corrected chi connectivity index (χ2v) is 8.67. The van der Waals surface area contributed by atoms with Crippen LogP contribution in [0.2, 0.25) is 0 Å². The maximum absolute atomic E-state index is 13.1. The van der Waals surface area contributed by atoms with Gasteiger partial charge in [0.05, 0.1) is 12.0 Å². The first-order chi connectivity index (χ1) is 12.8. The molecule has 0 atom stereocenters. The van der Waals surface area contributed by atoms with Crippen molar-refractivity contribution in [2.24, 2.45) is 0 Å². The van der Waals surface area contributed by atoms with Crippen molar-refractivity contribution in [3.8, 4) is 11.5 Å². The fourth-order valence-corrected chi connectivity index (χ4v) is 5.06. The lowest BCUT2D eigenvalue weighted by Crippen LogP contribution is -2.41. The Morgan fingerprint density at radius 3 is 2.26 bits per heavy atom. The number of rotatable bonds is 5. The van der Waals surface area contributed by atoms with E-state index in [1.54, 1.807) is 38.3 Å². The number of sulfonamides is 1. The first-order valence-corrected chi connectivity index (χ1v) is 10.3. The van der Waals surface area contributed by atoms with Gasteiger partial charge in [-0.15, -0.1) is 0 Å². The molecule has 146 valence electrons. The minimum Gasteiger partial charge on any atom is -0.496 e. The molecular weight excluding hydrogens is 369 g/mol. The van der Waals surface area contributed by atoms with E-state index in [4.69, 9.17) is 9.47 Å². The van der Waals surface area contributed by atoms with Crippen LogP contribution in [0.15, 0.2) is 41.3 Å². The molecule has 0 saturated carbocycles. The Kier molecular flexibility index (Phi) is 5.72. The minimum atomic E-state index is -3.57. The third-order valence-corrected chi connectivity index (χ3v) is 6.87. The van der Waals surface area contributed by atoms with Crippen molar-refractivity contribution in [1.82, 2.24) is 4.31 Å². The Morgan fingerprint density at radius 2 is 1.67 bits per heavy atom. The molecule has 0 aromatic heterocycles. The van der Waals surface area contributed by atoms with Gasteiger partial charge in [-0.3, -0.25) is 0 Å². The van der Waals surface area contributed by atoms with Gasteiger partial charge >= 0.3 is 0 Å². The van der Waals surface area contributed by atoms with E-state index in [-0.39, 0.29) is 11.9 Å². The monoisotopic (exact) mass is 393 g/mol. The average molecular weight is 393 g/mol. The quantitative estimate of drug-likeness (QED) is 0.778. The molecule has 0 amide bonds. The highest BCUT2D eigenvalue weighted by molar-refractivity contribution is 7.89. The van der Waals surface area contributed by atoms with Gasteiger partial charge in [-0.25, -0.2) is 12.8 Å². The molecule has 5 nitrogen and oxygen atoms in total. The molecule has 1 heterocycles. The van der Waals surface area contributed by atoms with Crippen LogP contribution in [-0.2, 0) is 10.0 Å². The van der Waals surface area contributed by atoms with Gasteiger partial charge in [0.2, 0.25) is 10.0 Å². The Balaban J connectivity index is 1.69. The zero-order chi connectivity index (χ0) is 19.6. The highest BCUT2D eigenvalue weighted by Crippen LogP contribution is 2.29. The summed E-state index contributed by atoms with van der Waals surface area (Å²) in [6.45, 7) is 4.39. The lowest BCUT2D eigenvalue weighted by atomic mass is 10.1. The molecule has 3 rings (SSSR count). The molecule has 0 aliphatic carbocycles. The van der Waals surface area contributed by atoms with Crippen molar-refractivity contribution in [3.63, 3.8) is 0 Å². The lowest BCUT2D eigenvalue weighted by Gasteiger charge is -2.32. The summed E-state index contributed by atoms with van der Waals surface area (Å²) in [6.07, 6.45) is 1.09. The van der Waals surface area contributed by atoms with Gasteiger partial charge in [-0.05, 0) is 74.2 Å².